The van der Waals surface area contributed by atoms with Gasteiger partial charge in [0.2, 0.25) is 0 Å². The molecule has 0 bridgehead atoms. The highest BCUT2D eigenvalue weighted by atomic mass is 79.9. The fourth-order valence-corrected chi connectivity index (χ4v) is 4.83. The summed E-state index contributed by atoms with van der Waals surface area (Å²) in [6.45, 7) is 6.69. The van der Waals surface area contributed by atoms with Crippen LogP contribution in [0.2, 0.25) is 0 Å². The predicted molar refractivity (Wildman–Crippen MR) is 86.6 cm³/mol. The molecule has 3 nitrogen and oxygen atoms in total. The molecule has 4 atom stereocenters. The number of rotatable bonds is 4. The Bertz CT molecular complexity index is 419. The van der Waals surface area contributed by atoms with Crippen LogP contribution in [-0.4, -0.2) is 49.1 Å². The Labute approximate surface area is 128 Å². The Morgan fingerprint density at radius 3 is 2.58 bits per heavy atom. The van der Waals surface area contributed by atoms with Crippen LogP contribution in [0.1, 0.15) is 24.8 Å². The average molecular weight is 346 g/mol. The van der Waals surface area contributed by atoms with Gasteiger partial charge in [0.05, 0.1) is 6.04 Å². The van der Waals surface area contributed by atoms with Crippen molar-refractivity contribution in [1.29, 1.82) is 0 Å². The normalized spacial score (nSPS) is 27.9. The number of halogens is 1. The lowest BCUT2D eigenvalue weighted by Crippen LogP contribution is -2.40. The molecule has 0 spiro atoms. The van der Waals surface area contributed by atoms with E-state index in [1.807, 2.05) is 0 Å². The Morgan fingerprint density at radius 2 is 2.16 bits per heavy atom. The molecule has 1 saturated heterocycles. The van der Waals surface area contributed by atoms with Gasteiger partial charge in [0.1, 0.15) is 0 Å². The summed E-state index contributed by atoms with van der Waals surface area (Å²) < 4.78 is 1.16. The highest BCUT2D eigenvalue weighted by Crippen LogP contribution is 2.35. The summed E-state index contributed by atoms with van der Waals surface area (Å²) in [7, 11) is 4.35. The van der Waals surface area contributed by atoms with Gasteiger partial charge in [-0.3, -0.25) is 4.90 Å². The van der Waals surface area contributed by atoms with Crippen molar-refractivity contribution in [3.8, 4) is 0 Å². The molecule has 1 fully saturated rings. The first-order valence-corrected chi connectivity index (χ1v) is 8.47. The fraction of sp³-hybridized carbons (Fsp3) is 0.714. The van der Waals surface area contributed by atoms with Gasteiger partial charge in [0, 0.05) is 39.9 Å². The van der Waals surface area contributed by atoms with E-state index < -0.39 is 0 Å². The maximum atomic E-state index is 6.26. The summed E-state index contributed by atoms with van der Waals surface area (Å²) in [6, 6.07) is 3.33. The van der Waals surface area contributed by atoms with Crippen molar-refractivity contribution in [3.05, 3.63) is 20.8 Å². The van der Waals surface area contributed by atoms with Crippen molar-refractivity contribution >= 4 is 27.3 Å². The number of thiophene rings is 1. The number of nitrogens with two attached hydrogens (primary N) is 1. The van der Waals surface area contributed by atoms with E-state index in [0.717, 1.165) is 17.6 Å². The lowest BCUT2D eigenvalue weighted by atomic mass is 10.1. The van der Waals surface area contributed by atoms with E-state index in [1.165, 1.54) is 4.88 Å². The van der Waals surface area contributed by atoms with Gasteiger partial charge in [-0.15, -0.1) is 11.3 Å². The third-order valence-electron chi connectivity index (χ3n) is 4.03. The van der Waals surface area contributed by atoms with E-state index in [4.69, 9.17) is 5.73 Å². The van der Waals surface area contributed by atoms with Crippen LogP contribution in [0.3, 0.4) is 0 Å². The van der Waals surface area contributed by atoms with Gasteiger partial charge in [0.15, 0.2) is 0 Å². The van der Waals surface area contributed by atoms with E-state index >= 15 is 0 Å². The van der Waals surface area contributed by atoms with Crippen LogP contribution in [0.15, 0.2) is 15.9 Å². The molecule has 2 rings (SSSR count). The van der Waals surface area contributed by atoms with E-state index in [0.29, 0.717) is 18.0 Å². The highest BCUT2D eigenvalue weighted by molar-refractivity contribution is 9.10. The molecule has 5 heteroatoms. The Kier molecular flexibility index (Phi) is 5.06. The summed E-state index contributed by atoms with van der Waals surface area (Å²) in [4.78, 5) is 6.26. The minimum Gasteiger partial charge on any atom is -0.326 e. The van der Waals surface area contributed by atoms with Crippen molar-refractivity contribution in [3.63, 3.8) is 0 Å². The molecular weight excluding hydrogens is 322 g/mol. The van der Waals surface area contributed by atoms with Crippen molar-refractivity contribution < 1.29 is 0 Å². The lowest BCUT2D eigenvalue weighted by Gasteiger charge is -2.30. The molecule has 2 N–H and O–H groups in total. The molecule has 0 saturated carbocycles. The van der Waals surface area contributed by atoms with Crippen LogP contribution in [0, 0.1) is 5.92 Å². The first-order chi connectivity index (χ1) is 8.90. The predicted octanol–water partition coefficient (Wildman–Crippen LogP) is 2.78. The molecule has 108 valence electrons. The number of likely N-dealkylation sites (N-methyl/N-ethyl adjacent to an activating group) is 1. The average Bonchev–Trinajstić information content (AvgIpc) is 2.86. The quantitative estimate of drug-likeness (QED) is 0.910. The Balaban J connectivity index is 2.18. The molecule has 2 heterocycles. The third kappa shape index (κ3) is 3.39. The van der Waals surface area contributed by atoms with Crippen molar-refractivity contribution in [2.24, 2.45) is 11.7 Å². The maximum Gasteiger partial charge on any atom is 0.0591 e. The first-order valence-electron chi connectivity index (χ1n) is 6.80. The minimum absolute atomic E-state index is 0.152. The lowest BCUT2D eigenvalue weighted by molar-refractivity contribution is 0.200. The largest absolute Gasteiger partial charge is 0.326 e. The first kappa shape index (κ1) is 15.4. The molecule has 19 heavy (non-hydrogen) atoms. The number of likely N-dealkylation sites (tertiary alicyclic amines) is 1. The van der Waals surface area contributed by atoms with Gasteiger partial charge in [-0.05, 0) is 48.9 Å². The molecule has 0 aromatic carbocycles. The SMILES string of the molecule is CC(N)C(c1cc(Br)cs1)N1CC(C)C(N(C)C)C1. The highest BCUT2D eigenvalue weighted by Gasteiger charge is 2.37. The van der Waals surface area contributed by atoms with Crippen LogP contribution < -0.4 is 5.73 Å². The topological polar surface area (TPSA) is 32.5 Å². The second-order valence-electron chi connectivity index (χ2n) is 5.93. The summed E-state index contributed by atoms with van der Waals surface area (Å²) in [5, 5.41) is 2.15. The van der Waals surface area contributed by atoms with Gasteiger partial charge >= 0.3 is 0 Å². The molecule has 0 amide bonds. The summed E-state index contributed by atoms with van der Waals surface area (Å²) in [5.41, 5.74) is 6.26. The van der Waals surface area contributed by atoms with Gasteiger partial charge < -0.3 is 10.6 Å². The van der Waals surface area contributed by atoms with E-state index in [1.54, 1.807) is 11.3 Å². The van der Waals surface area contributed by atoms with Crippen molar-refractivity contribution in [2.45, 2.75) is 32.0 Å². The summed E-state index contributed by atoms with van der Waals surface area (Å²) >= 11 is 5.35. The smallest absolute Gasteiger partial charge is 0.0591 e. The number of hydrogen-bond donors (Lipinski definition) is 1. The van der Waals surface area contributed by atoms with E-state index in [-0.39, 0.29) is 6.04 Å². The zero-order chi connectivity index (χ0) is 14.2. The zero-order valence-electron chi connectivity index (χ0n) is 12.1. The molecule has 0 radical (unpaired) electrons. The van der Waals surface area contributed by atoms with Crippen molar-refractivity contribution in [1.82, 2.24) is 9.80 Å². The Morgan fingerprint density at radius 1 is 1.47 bits per heavy atom. The van der Waals surface area contributed by atoms with Crippen molar-refractivity contribution in [2.75, 3.05) is 27.2 Å². The molecule has 1 aliphatic rings. The van der Waals surface area contributed by atoms with Crippen LogP contribution in [-0.2, 0) is 0 Å². The molecule has 0 aliphatic carbocycles. The zero-order valence-corrected chi connectivity index (χ0v) is 14.5. The molecule has 1 aromatic heterocycles. The number of nitrogens with zero attached hydrogens (tertiary/aromatic N) is 2. The van der Waals surface area contributed by atoms with Crippen LogP contribution in [0.4, 0.5) is 0 Å². The summed E-state index contributed by atoms with van der Waals surface area (Å²) in [5.74, 6) is 0.694. The monoisotopic (exact) mass is 345 g/mol. The minimum atomic E-state index is 0.152. The second kappa shape index (κ2) is 6.22. The van der Waals surface area contributed by atoms with Crippen LogP contribution in [0.25, 0.3) is 0 Å². The third-order valence-corrected chi connectivity index (χ3v) is 5.80. The Hall–Kier alpha value is 0.0600. The fourth-order valence-electron chi connectivity index (χ4n) is 3.14. The van der Waals surface area contributed by atoms with E-state index in [9.17, 15) is 0 Å². The van der Waals surface area contributed by atoms with Crippen LogP contribution >= 0.6 is 27.3 Å². The summed E-state index contributed by atoms with van der Waals surface area (Å²) in [6.07, 6.45) is 0. The molecule has 4 unspecified atom stereocenters. The van der Waals surface area contributed by atoms with Crippen LogP contribution in [0.5, 0.6) is 0 Å². The van der Waals surface area contributed by atoms with E-state index in [2.05, 4.69) is 65.1 Å². The van der Waals surface area contributed by atoms with Gasteiger partial charge in [0.25, 0.3) is 0 Å². The second-order valence-corrected chi connectivity index (χ2v) is 7.79. The maximum absolute atomic E-state index is 6.26. The standard InChI is InChI=1S/C14H24BrN3S/c1-9-6-18(7-12(9)17(3)4)14(10(2)16)13-5-11(15)8-19-13/h5,8-10,12,14H,6-7,16H2,1-4H3. The van der Waals surface area contributed by atoms with Gasteiger partial charge in [-0.1, -0.05) is 6.92 Å². The number of hydrogen-bond acceptors (Lipinski definition) is 4. The molecule has 1 aromatic rings. The van der Waals surface area contributed by atoms with Gasteiger partial charge in [-0.25, -0.2) is 0 Å². The molecule has 1 aliphatic heterocycles. The molecular formula is C14H24BrN3S. The van der Waals surface area contributed by atoms with Gasteiger partial charge in [-0.2, -0.15) is 0 Å².